The van der Waals surface area contributed by atoms with Gasteiger partial charge in [-0.25, -0.2) is 4.98 Å². The predicted molar refractivity (Wildman–Crippen MR) is 76.9 cm³/mol. The molecule has 1 aromatic heterocycles. The summed E-state index contributed by atoms with van der Waals surface area (Å²) in [6.07, 6.45) is 1.55. The van der Waals surface area contributed by atoms with E-state index in [0.29, 0.717) is 32.8 Å². The maximum atomic E-state index is 10.1. The number of nitrogens with zero attached hydrogens (tertiary/aromatic N) is 2. The highest BCUT2D eigenvalue weighted by atomic mass is 79.9. The molecule has 2 rings (SSSR count). The fourth-order valence-electron chi connectivity index (χ4n) is 1.76. The molecule has 102 valence electrons. The molecule has 0 bridgehead atoms. The first-order chi connectivity index (χ1) is 9.60. The van der Waals surface area contributed by atoms with Crippen molar-refractivity contribution >= 4 is 15.9 Å². The van der Waals surface area contributed by atoms with Crippen LogP contribution in [0.4, 0.5) is 0 Å². The third-order valence-electron chi connectivity index (χ3n) is 2.74. The third kappa shape index (κ3) is 2.53. The molecule has 0 atom stereocenters. The zero-order valence-corrected chi connectivity index (χ0v) is 12.4. The van der Waals surface area contributed by atoms with Crippen molar-refractivity contribution in [2.24, 2.45) is 0 Å². The van der Waals surface area contributed by atoms with Gasteiger partial charge in [0.2, 0.25) is 0 Å². The van der Waals surface area contributed by atoms with Crippen LogP contribution in [0.1, 0.15) is 5.56 Å². The van der Waals surface area contributed by atoms with Gasteiger partial charge in [-0.2, -0.15) is 5.26 Å². The van der Waals surface area contributed by atoms with Crippen LogP contribution in [0.15, 0.2) is 28.9 Å². The molecule has 1 N–H and O–H groups in total. The van der Waals surface area contributed by atoms with Crippen LogP contribution >= 0.6 is 15.9 Å². The maximum absolute atomic E-state index is 10.1. The molecule has 5 nitrogen and oxygen atoms in total. The Kier molecular flexibility index (Phi) is 4.11. The topological polar surface area (TPSA) is 75.4 Å². The van der Waals surface area contributed by atoms with E-state index in [1.54, 1.807) is 24.4 Å². The third-order valence-corrected chi connectivity index (χ3v) is 3.34. The molecule has 6 heteroatoms. The number of hydrogen-bond acceptors (Lipinski definition) is 5. The first-order valence-electron chi connectivity index (χ1n) is 5.61. The molecule has 0 amide bonds. The van der Waals surface area contributed by atoms with E-state index in [0.717, 1.165) is 0 Å². The number of rotatable bonds is 3. The molecule has 0 saturated heterocycles. The molecule has 0 aliphatic rings. The van der Waals surface area contributed by atoms with Gasteiger partial charge < -0.3 is 14.6 Å². The number of methoxy groups -OCH3 is 2. The zero-order valence-electron chi connectivity index (χ0n) is 10.8. The van der Waals surface area contributed by atoms with Crippen LogP contribution in [-0.2, 0) is 0 Å². The zero-order chi connectivity index (χ0) is 14.7. The van der Waals surface area contributed by atoms with Gasteiger partial charge in [-0.1, -0.05) is 0 Å². The van der Waals surface area contributed by atoms with Crippen LogP contribution in [-0.4, -0.2) is 24.3 Å². The lowest BCUT2D eigenvalue weighted by Gasteiger charge is -2.10. The minimum atomic E-state index is 0.0398. The van der Waals surface area contributed by atoms with E-state index in [1.165, 1.54) is 14.2 Å². The molecule has 0 fully saturated rings. The molecule has 0 aliphatic carbocycles. The summed E-state index contributed by atoms with van der Waals surface area (Å²) in [5.41, 5.74) is 1.54. The first kappa shape index (κ1) is 14.2. The lowest BCUT2D eigenvalue weighted by atomic mass is 10.0. The van der Waals surface area contributed by atoms with E-state index in [1.807, 2.05) is 6.07 Å². The van der Waals surface area contributed by atoms with Gasteiger partial charge >= 0.3 is 0 Å². The van der Waals surface area contributed by atoms with Gasteiger partial charge in [0, 0.05) is 17.3 Å². The Labute approximate surface area is 124 Å². The molecule has 0 saturated carbocycles. The average Bonchev–Trinajstić information content (AvgIpc) is 2.49. The Balaban J connectivity index is 2.63. The molecule has 1 heterocycles. The highest BCUT2D eigenvalue weighted by molar-refractivity contribution is 9.10. The standard InChI is InChI=1S/C14H11BrN2O3/c1-19-12-5-9(7-17-14(12)20-2)10-3-8(6-16)4-11(15)13(10)18/h3-5,7,18H,1-2H3. The Morgan fingerprint density at radius 3 is 2.60 bits per heavy atom. The second-order valence-corrected chi connectivity index (χ2v) is 4.76. The van der Waals surface area contributed by atoms with Crippen LogP contribution < -0.4 is 9.47 Å². The van der Waals surface area contributed by atoms with Crippen LogP contribution in [0.3, 0.4) is 0 Å². The summed E-state index contributed by atoms with van der Waals surface area (Å²) in [4.78, 5) is 4.11. The van der Waals surface area contributed by atoms with Gasteiger partial charge in [0.05, 0.1) is 30.3 Å². The second-order valence-electron chi connectivity index (χ2n) is 3.90. The number of phenolic OH excluding ortho intramolecular Hbond substituents is 1. The molecule has 0 radical (unpaired) electrons. The maximum Gasteiger partial charge on any atom is 0.256 e. The Hall–Kier alpha value is -2.26. The lowest BCUT2D eigenvalue weighted by Crippen LogP contribution is -1.94. The van der Waals surface area contributed by atoms with Crippen molar-refractivity contribution in [3.05, 3.63) is 34.4 Å². The number of phenols is 1. The number of halogens is 1. The highest BCUT2D eigenvalue weighted by Gasteiger charge is 2.14. The van der Waals surface area contributed by atoms with Crippen molar-refractivity contribution in [2.75, 3.05) is 14.2 Å². The van der Waals surface area contributed by atoms with Gasteiger partial charge in [0.25, 0.3) is 5.88 Å². The monoisotopic (exact) mass is 334 g/mol. The summed E-state index contributed by atoms with van der Waals surface area (Å²) in [7, 11) is 3.00. The summed E-state index contributed by atoms with van der Waals surface area (Å²) in [5, 5.41) is 19.1. The van der Waals surface area contributed by atoms with Gasteiger partial charge in [-0.3, -0.25) is 0 Å². The van der Waals surface area contributed by atoms with Crippen molar-refractivity contribution in [2.45, 2.75) is 0 Å². The second kappa shape index (κ2) is 5.80. The van der Waals surface area contributed by atoms with E-state index in [-0.39, 0.29) is 5.75 Å². The lowest BCUT2D eigenvalue weighted by molar-refractivity contribution is 0.343. The van der Waals surface area contributed by atoms with Crippen LogP contribution in [0.5, 0.6) is 17.4 Å². The van der Waals surface area contributed by atoms with E-state index >= 15 is 0 Å². The smallest absolute Gasteiger partial charge is 0.256 e. The number of nitriles is 1. The SMILES string of the molecule is COc1cc(-c2cc(C#N)cc(Br)c2O)cnc1OC. The van der Waals surface area contributed by atoms with Gasteiger partial charge in [0.15, 0.2) is 5.75 Å². The number of pyridine rings is 1. The molecule has 0 unspecified atom stereocenters. The largest absolute Gasteiger partial charge is 0.506 e. The van der Waals surface area contributed by atoms with Crippen molar-refractivity contribution in [1.29, 1.82) is 5.26 Å². The van der Waals surface area contributed by atoms with Crippen molar-refractivity contribution in [3.8, 4) is 34.6 Å². The fraction of sp³-hybridized carbons (Fsp3) is 0.143. The minimum Gasteiger partial charge on any atom is -0.506 e. The number of aromatic nitrogens is 1. The van der Waals surface area contributed by atoms with E-state index < -0.39 is 0 Å². The number of aromatic hydroxyl groups is 1. The summed E-state index contributed by atoms with van der Waals surface area (Å²) in [6, 6.07) is 6.86. The number of ether oxygens (including phenoxy) is 2. The molecule has 0 spiro atoms. The molecule has 20 heavy (non-hydrogen) atoms. The number of hydrogen-bond donors (Lipinski definition) is 1. The molecular formula is C14H11BrN2O3. The fourth-order valence-corrected chi connectivity index (χ4v) is 2.22. The summed E-state index contributed by atoms with van der Waals surface area (Å²) < 4.78 is 10.7. The highest BCUT2D eigenvalue weighted by Crippen LogP contribution is 2.38. The molecule has 1 aromatic carbocycles. The van der Waals surface area contributed by atoms with Crippen molar-refractivity contribution < 1.29 is 14.6 Å². The molecule has 2 aromatic rings. The average molecular weight is 335 g/mol. The van der Waals surface area contributed by atoms with E-state index in [4.69, 9.17) is 14.7 Å². The van der Waals surface area contributed by atoms with Gasteiger partial charge in [0.1, 0.15) is 5.75 Å². The normalized spacial score (nSPS) is 9.90. The quantitative estimate of drug-likeness (QED) is 0.933. The summed E-state index contributed by atoms with van der Waals surface area (Å²) in [5.74, 6) is 0.840. The van der Waals surface area contributed by atoms with E-state index in [9.17, 15) is 5.11 Å². The predicted octanol–water partition coefficient (Wildman–Crippen LogP) is 3.11. The van der Waals surface area contributed by atoms with Gasteiger partial charge in [-0.05, 0) is 34.1 Å². The van der Waals surface area contributed by atoms with Gasteiger partial charge in [-0.15, -0.1) is 0 Å². The number of benzene rings is 1. The minimum absolute atomic E-state index is 0.0398. The van der Waals surface area contributed by atoms with Crippen molar-refractivity contribution in [3.63, 3.8) is 0 Å². The van der Waals surface area contributed by atoms with Crippen LogP contribution in [0.2, 0.25) is 0 Å². The summed E-state index contributed by atoms with van der Waals surface area (Å²) in [6.45, 7) is 0. The molecule has 0 aliphatic heterocycles. The first-order valence-corrected chi connectivity index (χ1v) is 6.41. The Bertz CT molecular complexity index is 696. The van der Waals surface area contributed by atoms with E-state index in [2.05, 4.69) is 20.9 Å². The Morgan fingerprint density at radius 1 is 1.25 bits per heavy atom. The Morgan fingerprint density at radius 2 is 2.00 bits per heavy atom. The van der Waals surface area contributed by atoms with Crippen LogP contribution in [0.25, 0.3) is 11.1 Å². The summed E-state index contributed by atoms with van der Waals surface area (Å²) >= 11 is 3.22. The van der Waals surface area contributed by atoms with Crippen molar-refractivity contribution in [1.82, 2.24) is 4.98 Å². The molecular weight excluding hydrogens is 324 g/mol. The van der Waals surface area contributed by atoms with Crippen LogP contribution in [0, 0.1) is 11.3 Å².